The summed E-state index contributed by atoms with van der Waals surface area (Å²) in [5.74, 6) is 1.47. The lowest BCUT2D eigenvalue weighted by Gasteiger charge is -2.04. The molecule has 2 aromatic heterocycles. The summed E-state index contributed by atoms with van der Waals surface area (Å²) in [4.78, 5) is 0. The predicted octanol–water partition coefficient (Wildman–Crippen LogP) is 4.90. The van der Waals surface area contributed by atoms with Crippen molar-refractivity contribution in [1.29, 1.82) is 0 Å². The third-order valence-corrected chi connectivity index (χ3v) is 3.09. The van der Waals surface area contributed by atoms with Crippen LogP contribution in [-0.4, -0.2) is 14.9 Å². The minimum Gasteiger partial charge on any atom is -0.361 e. The lowest BCUT2D eigenvalue weighted by molar-refractivity contribution is -0.141. The summed E-state index contributed by atoms with van der Waals surface area (Å²) in [5, 5.41) is 7.24. The molecule has 0 fully saturated rings. The Morgan fingerprint density at radius 3 is 1.95 bits per heavy atom. The van der Waals surface area contributed by atoms with Crippen LogP contribution in [0.4, 0.5) is 13.2 Å². The van der Waals surface area contributed by atoms with Gasteiger partial charge in [-0.05, 0) is 39.7 Å². The Bertz CT molecular complexity index is 578. The van der Waals surface area contributed by atoms with Crippen molar-refractivity contribution in [2.75, 3.05) is 0 Å². The summed E-state index contributed by atoms with van der Waals surface area (Å²) in [6.45, 7) is 11.8. The molecule has 124 valence electrons. The molecule has 0 N–H and O–H groups in total. The second kappa shape index (κ2) is 6.98. The number of aryl methyl sites for hydroxylation is 2. The van der Waals surface area contributed by atoms with Crippen LogP contribution in [0.5, 0.6) is 0 Å². The predicted molar refractivity (Wildman–Crippen MR) is 77.7 cm³/mol. The number of rotatable bonds is 2. The number of alkyl halides is 3. The highest BCUT2D eigenvalue weighted by molar-refractivity contribution is 5.23. The largest absolute Gasteiger partial charge is 0.435 e. The molecule has 0 saturated carbocycles. The van der Waals surface area contributed by atoms with Gasteiger partial charge in [-0.2, -0.15) is 18.3 Å². The summed E-state index contributed by atoms with van der Waals surface area (Å²) in [6, 6.07) is 0.932. The summed E-state index contributed by atoms with van der Waals surface area (Å²) < 4.78 is 42.3. The van der Waals surface area contributed by atoms with Gasteiger partial charge in [-0.3, -0.25) is 4.68 Å². The Hall–Kier alpha value is -1.79. The van der Waals surface area contributed by atoms with Gasteiger partial charge in [-0.25, -0.2) is 0 Å². The van der Waals surface area contributed by atoms with E-state index in [4.69, 9.17) is 4.52 Å². The highest BCUT2D eigenvalue weighted by atomic mass is 19.4. The van der Waals surface area contributed by atoms with Gasteiger partial charge in [-0.1, -0.05) is 19.0 Å². The van der Waals surface area contributed by atoms with Crippen LogP contribution in [-0.2, 0) is 6.18 Å². The van der Waals surface area contributed by atoms with Crippen LogP contribution in [0, 0.1) is 13.8 Å². The summed E-state index contributed by atoms with van der Waals surface area (Å²) in [7, 11) is 0. The van der Waals surface area contributed by atoms with Crippen LogP contribution < -0.4 is 0 Å². The summed E-state index contributed by atoms with van der Waals surface area (Å²) in [6.07, 6.45) is -3.01. The third kappa shape index (κ3) is 4.61. The van der Waals surface area contributed by atoms with Crippen molar-refractivity contribution < 1.29 is 17.7 Å². The molecule has 0 amide bonds. The molecule has 0 bridgehead atoms. The maximum absolute atomic E-state index is 12.0. The number of aromatic nitrogens is 3. The van der Waals surface area contributed by atoms with E-state index in [0.29, 0.717) is 5.92 Å². The van der Waals surface area contributed by atoms with E-state index in [2.05, 4.69) is 24.1 Å². The van der Waals surface area contributed by atoms with E-state index in [1.54, 1.807) is 13.8 Å². The van der Waals surface area contributed by atoms with Crippen molar-refractivity contribution in [2.24, 2.45) is 0 Å². The van der Waals surface area contributed by atoms with Crippen LogP contribution in [0.3, 0.4) is 0 Å². The first-order valence-corrected chi connectivity index (χ1v) is 7.09. The second-order valence-corrected chi connectivity index (χ2v) is 5.67. The summed E-state index contributed by atoms with van der Waals surface area (Å²) >= 11 is 0. The standard InChI is InChI=1S/C8H13NO.C7H9F3N2/c1-5(2)8-6(3)9-10-7(8)4;1-5(2)12-4-3-6(11-12)7(8,9)10/h5H,1-4H3;3-5H,1-2H3. The first kappa shape index (κ1) is 18.3. The monoisotopic (exact) mass is 317 g/mol. The number of nitrogens with zero attached hydrogens (tertiary/aromatic N) is 3. The fraction of sp³-hybridized carbons (Fsp3) is 0.600. The van der Waals surface area contributed by atoms with E-state index in [0.717, 1.165) is 17.5 Å². The molecule has 4 nitrogen and oxygen atoms in total. The molecule has 0 unspecified atom stereocenters. The van der Waals surface area contributed by atoms with Crippen molar-refractivity contribution in [3.05, 3.63) is 35.0 Å². The highest BCUT2D eigenvalue weighted by Crippen LogP contribution is 2.27. The Morgan fingerprint density at radius 1 is 1.14 bits per heavy atom. The highest BCUT2D eigenvalue weighted by Gasteiger charge is 2.33. The Labute approximate surface area is 128 Å². The lowest BCUT2D eigenvalue weighted by atomic mass is 10.0. The van der Waals surface area contributed by atoms with Gasteiger partial charge in [-0.15, -0.1) is 0 Å². The molecule has 0 aliphatic rings. The van der Waals surface area contributed by atoms with E-state index in [9.17, 15) is 13.2 Å². The minimum absolute atomic E-state index is 0.0406. The van der Waals surface area contributed by atoms with Crippen molar-refractivity contribution in [3.63, 3.8) is 0 Å². The maximum atomic E-state index is 12.0. The normalized spacial score (nSPS) is 11.8. The molecular formula is C15H22F3N3O. The lowest BCUT2D eigenvalue weighted by Crippen LogP contribution is -2.08. The number of halogens is 3. The molecule has 0 radical (unpaired) electrons. The van der Waals surface area contributed by atoms with Gasteiger partial charge in [0, 0.05) is 17.8 Å². The van der Waals surface area contributed by atoms with Crippen molar-refractivity contribution in [1.82, 2.24) is 14.9 Å². The first-order valence-electron chi connectivity index (χ1n) is 7.09. The van der Waals surface area contributed by atoms with Crippen molar-refractivity contribution in [2.45, 2.75) is 59.7 Å². The van der Waals surface area contributed by atoms with Crippen LogP contribution in [0.2, 0.25) is 0 Å². The Morgan fingerprint density at radius 2 is 1.73 bits per heavy atom. The van der Waals surface area contributed by atoms with Crippen molar-refractivity contribution >= 4 is 0 Å². The topological polar surface area (TPSA) is 43.9 Å². The Balaban J connectivity index is 0.000000224. The fourth-order valence-corrected chi connectivity index (χ4v) is 2.09. The van der Waals surface area contributed by atoms with Crippen LogP contribution in [0.15, 0.2) is 16.8 Å². The van der Waals surface area contributed by atoms with Crippen molar-refractivity contribution in [3.8, 4) is 0 Å². The molecule has 0 saturated heterocycles. The van der Waals surface area contributed by atoms with E-state index >= 15 is 0 Å². The zero-order chi connectivity index (χ0) is 17.1. The molecule has 0 spiro atoms. The van der Waals surface area contributed by atoms with Gasteiger partial charge in [0.1, 0.15) is 5.76 Å². The third-order valence-electron chi connectivity index (χ3n) is 3.09. The molecular weight excluding hydrogens is 295 g/mol. The quantitative estimate of drug-likeness (QED) is 0.791. The fourth-order valence-electron chi connectivity index (χ4n) is 2.09. The van der Waals surface area contributed by atoms with Gasteiger partial charge < -0.3 is 4.52 Å². The van der Waals surface area contributed by atoms with Gasteiger partial charge in [0.2, 0.25) is 0 Å². The molecule has 0 aliphatic heterocycles. The van der Waals surface area contributed by atoms with Gasteiger partial charge in [0.25, 0.3) is 0 Å². The molecule has 0 aliphatic carbocycles. The number of hydrogen-bond acceptors (Lipinski definition) is 3. The first-order chi connectivity index (χ1) is 10.0. The van der Waals surface area contributed by atoms with Gasteiger partial charge in [0.05, 0.1) is 5.69 Å². The van der Waals surface area contributed by atoms with E-state index in [1.165, 1.54) is 16.4 Å². The molecule has 2 rings (SSSR count). The average molecular weight is 317 g/mol. The maximum Gasteiger partial charge on any atom is 0.435 e. The zero-order valence-corrected chi connectivity index (χ0v) is 13.7. The van der Waals surface area contributed by atoms with E-state index in [-0.39, 0.29) is 6.04 Å². The van der Waals surface area contributed by atoms with E-state index in [1.807, 2.05) is 13.8 Å². The minimum atomic E-state index is -4.33. The molecule has 22 heavy (non-hydrogen) atoms. The van der Waals surface area contributed by atoms with Gasteiger partial charge >= 0.3 is 6.18 Å². The van der Waals surface area contributed by atoms with E-state index < -0.39 is 11.9 Å². The molecule has 2 aromatic rings. The summed E-state index contributed by atoms with van der Waals surface area (Å²) in [5.41, 5.74) is 1.43. The SMILES string of the molecule is CC(C)n1ccc(C(F)(F)F)n1.Cc1noc(C)c1C(C)C. The van der Waals surface area contributed by atoms with Crippen LogP contribution in [0.1, 0.15) is 62.4 Å². The van der Waals surface area contributed by atoms with Crippen LogP contribution >= 0.6 is 0 Å². The Kier molecular flexibility index (Phi) is 5.79. The average Bonchev–Trinajstić information content (AvgIpc) is 2.96. The molecule has 7 heteroatoms. The smallest absolute Gasteiger partial charge is 0.361 e. The number of hydrogen-bond donors (Lipinski definition) is 0. The van der Waals surface area contributed by atoms with Crippen LogP contribution in [0.25, 0.3) is 0 Å². The molecule has 0 atom stereocenters. The molecule has 0 aromatic carbocycles. The van der Waals surface area contributed by atoms with Gasteiger partial charge in [0.15, 0.2) is 5.69 Å². The molecule has 2 heterocycles. The second-order valence-electron chi connectivity index (χ2n) is 5.67. The zero-order valence-electron chi connectivity index (χ0n) is 13.7.